The van der Waals surface area contributed by atoms with Crippen LogP contribution in [-0.2, 0) is 0 Å². The minimum absolute atomic E-state index is 0.157. The number of pyridine rings is 2. The van der Waals surface area contributed by atoms with Gasteiger partial charge in [0.1, 0.15) is 11.6 Å². The van der Waals surface area contributed by atoms with Gasteiger partial charge in [-0.15, -0.1) is 0 Å². The number of methoxy groups -OCH3 is 1. The van der Waals surface area contributed by atoms with E-state index in [1.54, 1.807) is 25.7 Å². The lowest BCUT2D eigenvalue weighted by atomic mass is 10.0. The second kappa shape index (κ2) is 6.24. The summed E-state index contributed by atoms with van der Waals surface area (Å²) in [6.07, 6.45) is 6.21. The molecule has 0 aliphatic carbocycles. The Morgan fingerprint density at radius 3 is 2.47 bits per heavy atom. The topological polar surface area (TPSA) is 47.0 Å². The van der Waals surface area contributed by atoms with Crippen LogP contribution in [0.3, 0.4) is 0 Å². The summed E-state index contributed by atoms with van der Waals surface area (Å²) in [4.78, 5) is 8.02. The van der Waals surface area contributed by atoms with Crippen LogP contribution in [0.2, 0.25) is 0 Å². The maximum Gasteiger partial charge on any atom is 0.141 e. The maximum atomic E-state index is 13.3. The Hall–Kier alpha value is -2.01. The largest absolute Gasteiger partial charge is 0.495 e. The van der Waals surface area contributed by atoms with Crippen molar-refractivity contribution in [1.29, 1.82) is 0 Å². The monoisotopic (exact) mass is 261 g/mol. The quantitative estimate of drug-likeness (QED) is 0.897. The van der Waals surface area contributed by atoms with Crippen molar-refractivity contribution in [2.24, 2.45) is 0 Å². The van der Waals surface area contributed by atoms with Crippen molar-refractivity contribution in [2.45, 2.75) is 13.0 Å². The first-order valence-corrected chi connectivity index (χ1v) is 6.07. The second-order valence-corrected chi connectivity index (χ2v) is 4.09. The van der Waals surface area contributed by atoms with Crippen molar-refractivity contribution in [3.05, 3.63) is 53.9 Å². The van der Waals surface area contributed by atoms with Crippen LogP contribution in [0.15, 0.2) is 36.9 Å². The molecule has 0 amide bonds. The minimum Gasteiger partial charge on any atom is -0.495 e. The number of hydrogen-bond donors (Lipinski definition) is 1. The number of ether oxygens (including phenoxy) is 1. The van der Waals surface area contributed by atoms with Gasteiger partial charge < -0.3 is 10.1 Å². The SMILES string of the molecule is CCNC(c1cncc(F)c1)c1cncc(OC)c1. The molecule has 0 aliphatic heterocycles. The number of nitrogens with zero attached hydrogens (tertiary/aromatic N) is 2. The molecule has 1 atom stereocenters. The molecule has 4 nitrogen and oxygen atoms in total. The average Bonchev–Trinajstić information content (AvgIpc) is 2.45. The molecule has 100 valence electrons. The lowest BCUT2D eigenvalue weighted by Gasteiger charge is -2.18. The van der Waals surface area contributed by atoms with Crippen molar-refractivity contribution < 1.29 is 9.13 Å². The Morgan fingerprint density at radius 1 is 1.16 bits per heavy atom. The molecule has 2 rings (SSSR count). The second-order valence-electron chi connectivity index (χ2n) is 4.09. The normalized spacial score (nSPS) is 12.2. The third-order valence-corrected chi connectivity index (χ3v) is 2.77. The lowest BCUT2D eigenvalue weighted by molar-refractivity contribution is 0.411. The first-order chi connectivity index (χ1) is 9.24. The highest BCUT2D eigenvalue weighted by Crippen LogP contribution is 2.24. The number of hydrogen-bond acceptors (Lipinski definition) is 4. The summed E-state index contributed by atoms with van der Waals surface area (Å²) in [6, 6.07) is 3.20. The molecule has 0 spiro atoms. The summed E-state index contributed by atoms with van der Waals surface area (Å²) < 4.78 is 18.5. The minimum atomic E-state index is -0.351. The summed E-state index contributed by atoms with van der Waals surface area (Å²) in [7, 11) is 1.59. The van der Waals surface area contributed by atoms with E-state index in [0.29, 0.717) is 5.75 Å². The fourth-order valence-corrected chi connectivity index (χ4v) is 1.92. The van der Waals surface area contributed by atoms with Crippen LogP contribution in [0.5, 0.6) is 5.75 Å². The molecule has 2 heterocycles. The van der Waals surface area contributed by atoms with Crippen LogP contribution in [0.4, 0.5) is 4.39 Å². The fraction of sp³-hybridized carbons (Fsp3) is 0.286. The van der Waals surface area contributed by atoms with Gasteiger partial charge in [-0.2, -0.15) is 0 Å². The summed E-state index contributed by atoms with van der Waals surface area (Å²) >= 11 is 0. The predicted molar refractivity (Wildman–Crippen MR) is 70.5 cm³/mol. The molecule has 0 saturated carbocycles. The van der Waals surface area contributed by atoms with E-state index in [1.807, 2.05) is 13.0 Å². The van der Waals surface area contributed by atoms with Gasteiger partial charge in [0.15, 0.2) is 0 Å². The van der Waals surface area contributed by atoms with Crippen molar-refractivity contribution in [3.63, 3.8) is 0 Å². The smallest absolute Gasteiger partial charge is 0.141 e. The number of aromatic nitrogens is 2. The summed E-state index contributed by atoms with van der Waals surface area (Å²) in [5.74, 6) is 0.320. The van der Waals surface area contributed by atoms with E-state index in [1.165, 1.54) is 12.3 Å². The first kappa shape index (κ1) is 13.4. The Labute approximate surface area is 111 Å². The van der Waals surface area contributed by atoms with Gasteiger partial charge in [0.25, 0.3) is 0 Å². The maximum absolute atomic E-state index is 13.3. The van der Waals surface area contributed by atoms with Gasteiger partial charge in [0.2, 0.25) is 0 Å². The Morgan fingerprint density at radius 2 is 1.84 bits per heavy atom. The van der Waals surface area contributed by atoms with E-state index in [-0.39, 0.29) is 11.9 Å². The molecule has 0 fully saturated rings. The Kier molecular flexibility index (Phi) is 4.41. The van der Waals surface area contributed by atoms with Gasteiger partial charge >= 0.3 is 0 Å². The molecule has 2 aromatic heterocycles. The molecule has 1 unspecified atom stereocenters. The van der Waals surface area contributed by atoms with Gasteiger partial charge in [-0.05, 0) is 29.8 Å². The Bertz CT molecular complexity index is 548. The molecular weight excluding hydrogens is 245 g/mol. The van der Waals surface area contributed by atoms with Gasteiger partial charge in [-0.25, -0.2) is 4.39 Å². The molecule has 5 heteroatoms. The van der Waals surface area contributed by atoms with Gasteiger partial charge in [-0.3, -0.25) is 9.97 Å². The van der Waals surface area contributed by atoms with Crippen LogP contribution >= 0.6 is 0 Å². The van der Waals surface area contributed by atoms with Gasteiger partial charge in [0.05, 0.1) is 25.5 Å². The average molecular weight is 261 g/mol. The molecule has 19 heavy (non-hydrogen) atoms. The van der Waals surface area contributed by atoms with Crippen molar-refractivity contribution >= 4 is 0 Å². The molecule has 2 aromatic rings. The highest BCUT2D eigenvalue weighted by Gasteiger charge is 2.15. The van der Waals surface area contributed by atoms with E-state index < -0.39 is 0 Å². The standard InChI is InChI=1S/C14H16FN3O/c1-3-18-14(10-4-12(15)8-16-6-10)11-5-13(19-2)9-17-7-11/h4-9,14,18H,3H2,1-2H3. The lowest BCUT2D eigenvalue weighted by Crippen LogP contribution is -2.22. The number of rotatable bonds is 5. The molecule has 0 saturated heterocycles. The van der Waals surface area contributed by atoms with Crippen LogP contribution in [0, 0.1) is 5.82 Å². The van der Waals surface area contributed by atoms with Crippen LogP contribution in [0.1, 0.15) is 24.1 Å². The number of nitrogens with one attached hydrogen (secondary N) is 1. The van der Waals surface area contributed by atoms with E-state index >= 15 is 0 Å². The Balaban J connectivity index is 2.38. The molecule has 0 aromatic carbocycles. The summed E-state index contributed by atoms with van der Waals surface area (Å²) in [5, 5.41) is 3.29. The van der Waals surface area contributed by atoms with Crippen LogP contribution in [-0.4, -0.2) is 23.6 Å². The highest BCUT2D eigenvalue weighted by atomic mass is 19.1. The zero-order valence-corrected chi connectivity index (χ0v) is 10.9. The molecule has 0 bridgehead atoms. The van der Waals surface area contributed by atoms with E-state index in [0.717, 1.165) is 17.7 Å². The third kappa shape index (κ3) is 3.26. The summed E-state index contributed by atoms with van der Waals surface area (Å²) in [6.45, 7) is 2.74. The van der Waals surface area contributed by atoms with Crippen molar-refractivity contribution in [3.8, 4) is 5.75 Å². The molecule has 1 N–H and O–H groups in total. The van der Waals surface area contributed by atoms with Gasteiger partial charge in [0, 0.05) is 12.4 Å². The van der Waals surface area contributed by atoms with Crippen LogP contribution < -0.4 is 10.1 Å². The summed E-state index contributed by atoms with van der Waals surface area (Å²) in [5.41, 5.74) is 1.67. The van der Waals surface area contributed by atoms with Crippen LogP contribution in [0.25, 0.3) is 0 Å². The predicted octanol–water partition coefficient (Wildman–Crippen LogP) is 2.32. The number of halogens is 1. The molecule has 0 aliphatic rings. The first-order valence-electron chi connectivity index (χ1n) is 6.07. The van der Waals surface area contributed by atoms with E-state index in [2.05, 4.69) is 15.3 Å². The zero-order valence-electron chi connectivity index (χ0n) is 10.9. The van der Waals surface area contributed by atoms with E-state index in [9.17, 15) is 4.39 Å². The van der Waals surface area contributed by atoms with Crippen molar-refractivity contribution in [2.75, 3.05) is 13.7 Å². The molecule has 0 radical (unpaired) electrons. The van der Waals surface area contributed by atoms with E-state index in [4.69, 9.17) is 4.74 Å². The molecular formula is C14H16FN3O. The van der Waals surface area contributed by atoms with Gasteiger partial charge in [-0.1, -0.05) is 6.92 Å². The fourth-order valence-electron chi connectivity index (χ4n) is 1.92. The highest BCUT2D eigenvalue weighted by molar-refractivity contribution is 5.33. The van der Waals surface area contributed by atoms with Crippen molar-refractivity contribution in [1.82, 2.24) is 15.3 Å². The zero-order chi connectivity index (χ0) is 13.7. The third-order valence-electron chi connectivity index (χ3n) is 2.77.